The molecule has 4 rings (SSSR count). The van der Waals surface area contributed by atoms with E-state index >= 15 is 0 Å². The molecule has 0 aliphatic rings. The molecule has 1 N–H and O–H groups in total. The molecule has 1 aromatic heterocycles. The maximum absolute atomic E-state index is 12.9. The van der Waals surface area contributed by atoms with Gasteiger partial charge in [0.2, 0.25) is 0 Å². The van der Waals surface area contributed by atoms with E-state index in [9.17, 15) is 9.59 Å². The van der Waals surface area contributed by atoms with E-state index in [4.69, 9.17) is 16.1 Å². The highest BCUT2D eigenvalue weighted by molar-refractivity contribution is 6.31. The molecule has 6 heteroatoms. The number of aromatic nitrogens is 1. The van der Waals surface area contributed by atoms with Crippen LogP contribution in [0.5, 0.6) is 0 Å². The fourth-order valence-electron chi connectivity index (χ4n) is 2.93. The van der Waals surface area contributed by atoms with Crippen LogP contribution in [0.4, 0.5) is 5.69 Å². The first-order valence-electron chi connectivity index (χ1n) is 8.84. The Hall–Kier alpha value is -3.70. The first-order chi connectivity index (χ1) is 14.1. The monoisotopic (exact) mass is 402 g/mol. The molecule has 0 unspecified atom stereocenters. The van der Waals surface area contributed by atoms with Gasteiger partial charge in [0.25, 0.3) is 0 Å². The van der Waals surface area contributed by atoms with E-state index in [1.54, 1.807) is 42.5 Å². The Balaban J connectivity index is 1.76. The van der Waals surface area contributed by atoms with Crippen LogP contribution in [0.2, 0.25) is 5.02 Å². The van der Waals surface area contributed by atoms with Crippen LogP contribution in [0.1, 0.15) is 21.5 Å². The van der Waals surface area contributed by atoms with Crippen molar-refractivity contribution in [3.8, 4) is 11.3 Å². The normalized spacial score (nSPS) is 11.1. The number of nitrogens with one attached hydrogen (secondary N) is 1. The van der Waals surface area contributed by atoms with Crippen molar-refractivity contribution < 1.29 is 9.32 Å². The average Bonchev–Trinajstić information content (AvgIpc) is 3.13. The number of benzene rings is 3. The Labute approximate surface area is 171 Å². The second-order valence-corrected chi connectivity index (χ2v) is 6.70. The molecule has 0 saturated carbocycles. The van der Waals surface area contributed by atoms with Crippen molar-refractivity contribution in [2.24, 2.45) is 4.99 Å². The van der Waals surface area contributed by atoms with Crippen LogP contribution < -0.4 is 5.63 Å². The molecule has 5 nitrogen and oxygen atoms in total. The number of nitrogens with zero attached hydrogens (tertiary/aromatic N) is 1. The van der Waals surface area contributed by atoms with E-state index in [-0.39, 0.29) is 11.3 Å². The second kappa shape index (κ2) is 8.12. The minimum atomic E-state index is -0.550. The van der Waals surface area contributed by atoms with Crippen LogP contribution in [-0.4, -0.2) is 17.2 Å². The summed E-state index contributed by atoms with van der Waals surface area (Å²) in [6, 6.07) is 23.0. The van der Waals surface area contributed by atoms with Gasteiger partial charge in [0.15, 0.2) is 5.78 Å². The summed E-state index contributed by atoms with van der Waals surface area (Å²) in [7, 11) is 0. The Bertz CT molecular complexity index is 1240. The third kappa shape index (κ3) is 3.95. The van der Waals surface area contributed by atoms with Gasteiger partial charge in [0.05, 0.1) is 11.4 Å². The highest BCUT2D eigenvalue weighted by Crippen LogP contribution is 2.27. The second-order valence-electron chi connectivity index (χ2n) is 6.26. The van der Waals surface area contributed by atoms with Crippen molar-refractivity contribution >= 4 is 29.3 Å². The molecular weight excluding hydrogens is 388 g/mol. The van der Waals surface area contributed by atoms with Gasteiger partial charge in [-0.25, -0.2) is 9.95 Å². The van der Waals surface area contributed by atoms with Crippen LogP contribution >= 0.6 is 11.6 Å². The maximum Gasteiger partial charge on any atom is 0.366 e. The predicted octanol–water partition coefficient (Wildman–Crippen LogP) is 5.27. The van der Waals surface area contributed by atoms with Gasteiger partial charge < -0.3 is 4.52 Å². The van der Waals surface area contributed by atoms with E-state index in [1.165, 1.54) is 6.21 Å². The highest BCUT2D eigenvalue weighted by Gasteiger charge is 2.15. The van der Waals surface area contributed by atoms with Gasteiger partial charge in [-0.15, -0.1) is 0 Å². The fourth-order valence-corrected chi connectivity index (χ4v) is 3.09. The number of hydrogen-bond donors (Lipinski definition) is 1. The molecule has 0 aliphatic heterocycles. The van der Waals surface area contributed by atoms with Crippen LogP contribution in [0.25, 0.3) is 11.3 Å². The molecule has 1 heterocycles. The number of carbonyl (C=O) groups excluding carboxylic acids is 1. The summed E-state index contributed by atoms with van der Waals surface area (Å²) in [4.78, 5) is 29.4. The zero-order valence-corrected chi connectivity index (χ0v) is 15.9. The van der Waals surface area contributed by atoms with Crippen molar-refractivity contribution in [1.29, 1.82) is 0 Å². The predicted molar refractivity (Wildman–Crippen MR) is 113 cm³/mol. The zero-order valence-electron chi connectivity index (χ0n) is 15.1. The Morgan fingerprint density at radius 2 is 1.66 bits per heavy atom. The molecule has 3 aromatic carbocycles. The lowest BCUT2D eigenvalue weighted by Crippen LogP contribution is -2.03. The number of aromatic amines is 1. The number of ketones is 1. The van der Waals surface area contributed by atoms with Crippen LogP contribution in [0, 0.1) is 0 Å². The lowest BCUT2D eigenvalue weighted by Gasteiger charge is -2.06. The summed E-state index contributed by atoms with van der Waals surface area (Å²) in [6.07, 6.45) is 1.39. The summed E-state index contributed by atoms with van der Waals surface area (Å²) in [5, 5.41) is 3.07. The maximum atomic E-state index is 12.9. The molecule has 0 aliphatic carbocycles. The van der Waals surface area contributed by atoms with Crippen molar-refractivity contribution in [2.45, 2.75) is 0 Å². The van der Waals surface area contributed by atoms with Gasteiger partial charge in [0, 0.05) is 27.9 Å². The quantitative estimate of drug-likeness (QED) is 0.365. The lowest BCUT2D eigenvalue weighted by atomic mass is 10.0. The topological polar surface area (TPSA) is 75.4 Å². The summed E-state index contributed by atoms with van der Waals surface area (Å²) in [6.45, 7) is 0. The van der Waals surface area contributed by atoms with Gasteiger partial charge >= 0.3 is 5.63 Å². The molecule has 0 radical (unpaired) electrons. The summed E-state index contributed by atoms with van der Waals surface area (Å²) in [5.41, 5.74) is 2.30. The van der Waals surface area contributed by atoms with Gasteiger partial charge in [-0.05, 0) is 18.2 Å². The number of hydrogen-bond acceptors (Lipinski definition) is 4. The van der Waals surface area contributed by atoms with E-state index in [0.717, 1.165) is 5.56 Å². The SMILES string of the molecule is O=C(c1ccccc1)c1ccc(Cl)cc1N=Cc1c(-c2ccccc2)[nH]oc1=O. The molecule has 0 atom stereocenters. The number of aliphatic imine (C=N–C) groups is 1. The fraction of sp³-hybridized carbons (Fsp3) is 0. The zero-order chi connectivity index (χ0) is 20.2. The van der Waals surface area contributed by atoms with Gasteiger partial charge in [0.1, 0.15) is 5.56 Å². The van der Waals surface area contributed by atoms with E-state index in [2.05, 4.69) is 10.1 Å². The standard InChI is InChI=1S/C23H15ClN2O3/c24-17-11-12-18(22(27)16-9-5-2-6-10-16)20(13-17)25-14-19-21(26-29-23(19)28)15-7-3-1-4-8-15/h1-14,26H. The van der Waals surface area contributed by atoms with E-state index in [1.807, 2.05) is 36.4 Å². The molecule has 0 saturated heterocycles. The molecule has 0 fully saturated rings. The van der Waals surface area contributed by atoms with Crippen molar-refractivity contribution in [3.63, 3.8) is 0 Å². The van der Waals surface area contributed by atoms with Gasteiger partial charge in [-0.3, -0.25) is 9.79 Å². The van der Waals surface area contributed by atoms with E-state index < -0.39 is 5.63 Å². The minimum absolute atomic E-state index is 0.182. The third-order valence-corrected chi connectivity index (χ3v) is 4.61. The molecular formula is C23H15ClN2O3. The minimum Gasteiger partial charge on any atom is -0.338 e. The third-order valence-electron chi connectivity index (χ3n) is 4.37. The smallest absolute Gasteiger partial charge is 0.338 e. The highest BCUT2D eigenvalue weighted by atomic mass is 35.5. The summed E-state index contributed by atoms with van der Waals surface area (Å²) < 4.78 is 4.94. The summed E-state index contributed by atoms with van der Waals surface area (Å²) in [5.74, 6) is -0.182. The number of rotatable bonds is 5. The van der Waals surface area contributed by atoms with Crippen LogP contribution in [0.3, 0.4) is 0 Å². The van der Waals surface area contributed by atoms with Gasteiger partial charge in [-0.2, -0.15) is 0 Å². The van der Waals surface area contributed by atoms with Crippen LogP contribution in [0.15, 0.2) is 93.2 Å². The number of H-pyrrole nitrogens is 1. The first-order valence-corrected chi connectivity index (χ1v) is 9.21. The summed E-state index contributed by atoms with van der Waals surface area (Å²) >= 11 is 6.11. The number of carbonyl (C=O) groups is 1. The first kappa shape index (κ1) is 18.7. The largest absolute Gasteiger partial charge is 0.366 e. The molecule has 0 bridgehead atoms. The van der Waals surface area contributed by atoms with Crippen LogP contribution in [-0.2, 0) is 0 Å². The Kier molecular flexibility index (Phi) is 5.22. The molecule has 29 heavy (non-hydrogen) atoms. The molecule has 142 valence electrons. The van der Waals surface area contributed by atoms with Crippen molar-refractivity contribution in [3.05, 3.63) is 111 Å². The molecule has 0 spiro atoms. The van der Waals surface area contributed by atoms with Crippen molar-refractivity contribution in [2.75, 3.05) is 0 Å². The average molecular weight is 403 g/mol. The Morgan fingerprint density at radius 3 is 2.38 bits per heavy atom. The molecule has 0 amide bonds. The van der Waals surface area contributed by atoms with Gasteiger partial charge in [-0.1, -0.05) is 72.3 Å². The van der Waals surface area contributed by atoms with Crippen molar-refractivity contribution in [1.82, 2.24) is 5.16 Å². The molecule has 4 aromatic rings. The lowest BCUT2D eigenvalue weighted by molar-refractivity contribution is 0.103. The number of halogens is 1. The van der Waals surface area contributed by atoms with E-state index in [0.29, 0.717) is 27.5 Å². The Morgan fingerprint density at radius 1 is 0.966 bits per heavy atom.